The van der Waals surface area contributed by atoms with Crippen LogP contribution in [0.5, 0.6) is 0 Å². The standard InChI is InChI=1S/C24H11Cl2F5N2OS/c25-14-5-13(6-15(26)7-14)21-3-4-22(35-21)20-9-18(24(29,30)31)17(10-32)23(34)33(20)11-12-1-2-16(27)8-19(12)28/h1-9H,11H2. The minimum atomic E-state index is -4.99. The molecule has 0 aliphatic carbocycles. The first-order chi connectivity index (χ1) is 16.5. The topological polar surface area (TPSA) is 45.8 Å². The van der Waals surface area contributed by atoms with Gasteiger partial charge in [0.2, 0.25) is 0 Å². The maximum Gasteiger partial charge on any atom is 0.417 e. The van der Waals surface area contributed by atoms with E-state index in [1.54, 1.807) is 18.2 Å². The lowest BCUT2D eigenvalue weighted by molar-refractivity contribution is -0.137. The molecule has 3 nitrogen and oxygen atoms in total. The zero-order valence-corrected chi connectivity index (χ0v) is 19.6. The van der Waals surface area contributed by atoms with Crippen molar-refractivity contribution >= 4 is 34.5 Å². The molecule has 178 valence electrons. The van der Waals surface area contributed by atoms with E-state index >= 15 is 0 Å². The Kier molecular flexibility index (Phi) is 6.73. The molecule has 0 aliphatic heterocycles. The second-order valence-electron chi connectivity index (χ2n) is 7.38. The molecule has 11 heteroatoms. The van der Waals surface area contributed by atoms with Crippen molar-refractivity contribution in [3.05, 3.63) is 103 Å². The van der Waals surface area contributed by atoms with E-state index < -0.39 is 41.0 Å². The largest absolute Gasteiger partial charge is 0.417 e. The number of halogens is 7. The van der Waals surface area contributed by atoms with Gasteiger partial charge in [-0.05, 0) is 48.0 Å². The molecule has 0 bridgehead atoms. The summed E-state index contributed by atoms with van der Waals surface area (Å²) in [7, 11) is 0. The fraction of sp³-hybridized carbons (Fsp3) is 0.0833. The highest BCUT2D eigenvalue weighted by atomic mass is 35.5. The van der Waals surface area contributed by atoms with Crippen molar-refractivity contribution in [1.29, 1.82) is 5.26 Å². The number of aromatic nitrogens is 1. The summed E-state index contributed by atoms with van der Waals surface area (Å²) in [6, 6.07) is 12.5. The van der Waals surface area contributed by atoms with Crippen LogP contribution in [0.3, 0.4) is 0 Å². The minimum absolute atomic E-state index is 0.142. The van der Waals surface area contributed by atoms with Crippen LogP contribution in [0.1, 0.15) is 16.7 Å². The summed E-state index contributed by atoms with van der Waals surface area (Å²) < 4.78 is 69.7. The molecule has 0 spiro atoms. The quantitative estimate of drug-likeness (QED) is 0.248. The molecule has 2 aromatic heterocycles. The summed E-state index contributed by atoms with van der Waals surface area (Å²) in [6.07, 6.45) is -4.99. The zero-order valence-electron chi connectivity index (χ0n) is 17.3. The lowest BCUT2D eigenvalue weighted by Gasteiger charge is -2.17. The average molecular weight is 541 g/mol. The molecule has 0 atom stereocenters. The Hall–Kier alpha value is -3.19. The fourth-order valence-electron chi connectivity index (χ4n) is 3.49. The van der Waals surface area contributed by atoms with Crippen LogP contribution in [-0.4, -0.2) is 4.57 Å². The van der Waals surface area contributed by atoms with Crippen LogP contribution >= 0.6 is 34.5 Å². The maximum atomic E-state index is 14.3. The number of pyridine rings is 1. The van der Waals surface area contributed by atoms with Crippen LogP contribution in [0.2, 0.25) is 10.0 Å². The molecule has 0 fully saturated rings. The van der Waals surface area contributed by atoms with E-state index in [0.717, 1.165) is 28.0 Å². The third-order valence-electron chi connectivity index (χ3n) is 5.07. The molecule has 35 heavy (non-hydrogen) atoms. The maximum absolute atomic E-state index is 14.3. The molecule has 0 amide bonds. The fourth-order valence-corrected chi connectivity index (χ4v) is 5.03. The van der Waals surface area contributed by atoms with Crippen LogP contribution in [-0.2, 0) is 12.7 Å². The number of rotatable bonds is 4. The highest BCUT2D eigenvalue weighted by molar-refractivity contribution is 7.18. The van der Waals surface area contributed by atoms with E-state index in [4.69, 9.17) is 23.2 Å². The van der Waals surface area contributed by atoms with E-state index in [9.17, 15) is 32.0 Å². The van der Waals surface area contributed by atoms with Gasteiger partial charge in [0.1, 0.15) is 23.3 Å². The number of alkyl halides is 3. The van der Waals surface area contributed by atoms with E-state index in [2.05, 4.69) is 0 Å². The molecular weight excluding hydrogens is 530 g/mol. The first-order valence-corrected chi connectivity index (χ1v) is 11.3. The van der Waals surface area contributed by atoms with Gasteiger partial charge in [0.15, 0.2) is 0 Å². The predicted molar refractivity (Wildman–Crippen MR) is 125 cm³/mol. The van der Waals surface area contributed by atoms with Gasteiger partial charge in [0, 0.05) is 26.6 Å². The molecule has 0 radical (unpaired) electrons. The van der Waals surface area contributed by atoms with E-state index in [-0.39, 0.29) is 16.1 Å². The second kappa shape index (κ2) is 9.46. The van der Waals surface area contributed by atoms with Crippen molar-refractivity contribution in [1.82, 2.24) is 4.57 Å². The number of hydrogen-bond acceptors (Lipinski definition) is 3. The van der Waals surface area contributed by atoms with Gasteiger partial charge in [-0.15, -0.1) is 11.3 Å². The van der Waals surface area contributed by atoms with Gasteiger partial charge in [0.05, 0.1) is 22.7 Å². The van der Waals surface area contributed by atoms with Gasteiger partial charge in [-0.3, -0.25) is 4.79 Å². The molecule has 4 rings (SSSR count). The Morgan fingerprint density at radius 1 is 0.943 bits per heavy atom. The molecular formula is C24H11Cl2F5N2OS. The minimum Gasteiger partial charge on any atom is -0.302 e. The van der Waals surface area contributed by atoms with Crippen LogP contribution in [0.25, 0.3) is 21.0 Å². The molecule has 0 N–H and O–H groups in total. The van der Waals surface area contributed by atoms with Crippen LogP contribution in [0.4, 0.5) is 22.0 Å². The third-order valence-corrected chi connectivity index (χ3v) is 6.66. The second-order valence-corrected chi connectivity index (χ2v) is 9.33. The average Bonchev–Trinajstić information content (AvgIpc) is 3.25. The molecule has 0 unspecified atom stereocenters. The Labute approximate surface area is 209 Å². The first kappa shape index (κ1) is 24.9. The van der Waals surface area contributed by atoms with Gasteiger partial charge in [-0.25, -0.2) is 8.78 Å². The smallest absolute Gasteiger partial charge is 0.302 e. The Morgan fingerprint density at radius 2 is 1.60 bits per heavy atom. The molecule has 4 aromatic rings. The summed E-state index contributed by atoms with van der Waals surface area (Å²) in [5.41, 5.74) is -3.51. The summed E-state index contributed by atoms with van der Waals surface area (Å²) >= 11 is 13.1. The number of thiophene rings is 1. The van der Waals surface area contributed by atoms with Crippen molar-refractivity contribution in [3.8, 4) is 27.1 Å². The van der Waals surface area contributed by atoms with Gasteiger partial charge < -0.3 is 4.57 Å². The Balaban J connectivity index is 1.94. The van der Waals surface area contributed by atoms with Gasteiger partial charge >= 0.3 is 6.18 Å². The lowest BCUT2D eigenvalue weighted by Crippen LogP contribution is -2.28. The highest BCUT2D eigenvalue weighted by Crippen LogP contribution is 2.39. The molecule has 0 saturated carbocycles. The number of nitrogens with zero attached hydrogens (tertiary/aromatic N) is 2. The Bertz CT molecular complexity index is 1530. The van der Waals surface area contributed by atoms with Gasteiger partial charge in [-0.1, -0.05) is 29.3 Å². The van der Waals surface area contributed by atoms with Crippen LogP contribution in [0, 0.1) is 23.0 Å². The molecule has 2 heterocycles. The van der Waals surface area contributed by atoms with Crippen molar-refractivity contribution in [2.24, 2.45) is 0 Å². The van der Waals surface area contributed by atoms with Crippen molar-refractivity contribution in [3.63, 3.8) is 0 Å². The van der Waals surface area contributed by atoms with E-state index in [0.29, 0.717) is 32.6 Å². The lowest BCUT2D eigenvalue weighted by atomic mass is 10.1. The normalized spacial score (nSPS) is 11.5. The summed E-state index contributed by atoms with van der Waals surface area (Å²) in [5.74, 6) is -1.84. The summed E-state index contributed by atoms with van der Waals surface area (Å²) in [5, 5.41) is 10.0. The van der Waals surface area contributed by atoms with Crippen molar-refractivity contribution in [2.45, 2.75) is 12.7 Å². The first-order valence-electron chi connectivity index (χ1n) is 9.73. The Morgan fingerprint density at radius 3 is 2.20 bits per heavy atom. The molecule has 0 aliphatic rings. The van der Waals surface area contributed by atoms with Crippen molar-refractivity contribution < 1.29 is 22.0 Å². The van der Waals surface area contributed by atoms with Gasteiger partial charge in [-0.2, -0.15) is 18.4 Å². The highest BCUT2D eigenvalue weighted by Gasteiger charge is 2.36. The van der Waals surface area contributed by atoms with Gasteiger partial charge in [0.25, 0.3) is 5.56 Å². The van der Waals surface area contributed by atoms with E-state index in [1.807, 2.05) is 0 Å². The van der Waals surface area contributed by atoms with E-state index in [1.165, 1.54) is 18.2 Å². The number of nitriles is 1. The third kappa shape index (κ3) is 5.10. The monoisotopic (exact) mass is 540 g/mol. The van der Waals surface area contributed by atoms with Crippen LogP contribution < -0.4 is 5.56 Å². The summed E-state index contributed by atoms with van der Waals surface area (Å²) in [4.78, 5) is 13.9. The van der Waals surface area contributed by atoms with Crippen LogP contribution in [0.15, 0.2) is 59.4 Å². The predicted octanol–water partition coefficient (Wildman–Crippen LogP) is 7.77. The zero-order chi connectivity index (χ0) is 25.5. The molecule has 0 saturated heterocycles. The number of hydrogen-bond donors (Lipinski definition) is 0. The summed E-state index contributed by atoms with van der Waals surface area (Å²) in [6.45, 7) is -0.524. The number of benzene rings is 2. The SMILES string of the molecule is N#Cc1c(C(F)(F)F)cc(-c2ccc(-c3cc(Cl)cc(Cl)c3)s2)n(Cc2ccc(F)cc2F)c1=O. The molecule has 2 aromatic carbocycles. The van der Waals surface area contributed by atoms with Crippen molar-refractivity contribution in [2.75, 3.05) is 0 Å².